The van der Waals surface area contributed by atoms with Crippen molar-refractivity contribution in [2.24, 2.45) is 0 Å². The van der Waals surface area contributed by atoms with Gasteiger partial charge in [0.25, 0.3) is 11.5 Å². The molecular formula is C20H16N4O3S. The Balaban J connectivity index is 1.55. The summed E-state index contributed by atoms with van der Waals surface area (Å²) in [7, 11) is 0. The van der Waals surface area contributed by atoms with Crippen LogP contribution in [0.5, 0.6) is 0 Å². The van der Waals surface area contributed by atoms with E-state index in [2.05, 4.69) is 15.4 Å². The zero-order chi connectivity index (χ0) is 19.5. The minimum Gasteiger partial charge on any atom is -0.463 e. The molecule has 0 fully saturated rings. The third-order valence-electron chi connectivity index (χ3n) is 4.15. The van der Waals surface area contributed by atoms with Crippen LogP contribution in [0, 0.1) is 0 Å². The van der Waals surface area contributed by atoms with Gasteiger partial charge >= 0.3 is 0 Å². The third kappa shape index (κ3) is 3.63. The molecule has 4 rings (SSSR count). The first kappa shape index (κ1) is 17.9. The van der Waals surface area contributed by atoms with E-state index in [1.165, 1.54) is 22.1 Å². The molecule has 0 radical (unpaired) electrons. The minimum absolute atomic E-state index is 0.349. The molecule has 0 saturated heterocycles. The Hall–Kier alpha value is -3.52. The number of amides is 1. The zero-order valence-electron chi connectivity index (χ0n) is 14.9. The summed E-state index contributed by atoms with van der Waals surface area (Å²) in [6, 6.07) is 15.3. The maximum absolute atomic E-state index is 12.6. The lowest BCUT2D eigenvalue weighted by Gasteiger charge is -2.14. The number of anilines is 1. The van der Waals surface area contributed by atoms with Crippen molar-refractivity contribution in [3.8, 4) is 22.7 Å². The summed E-state index contributed by atoms with van der Waals surface area (Å²) < 4.78 is 6.48. The van der Waals surface area contributed by atoms with Crippen LogP contribution in [0.25, 0.3) is 22.7 Å². The van der Waals surface area contributed by atoms with Gasteiger partial charge in [-0.3, -0.25) is 9.59 Å². The van der Waals surface area contributed by atoms with Gasteiger partial charge < -0.3 is 9.73 Å². The molecule has 0 aliphatic heterocycles. The minimum atomic E-state index is -0.799. The Kier molecular flexibility index (Phi) is 4.86. The summed E-state index contributed by atoms with van der Waals surface area (Å²) in [6.45, 7) is 1.62. The number of furan rings is 1. The van der Waals surface area contributed by atoms with Crippen molar-refractivity contribution in [1.82, 2.24) is 14.8 Å². The average molecular weight is 392 g/mol. The van der Waals surface area contributed by atoms with E-state index in [-0.39, 0.29) is 11.5 Å². The molecule has 0 saturated carbocycles. The normalized spacial score (nSPS) is 11.9. The van der Waals surface area contributed by atoms with Crippen LogP contribution in [0.3, 0.4) is 0 Å². The molecule has 1 aromatic carbocycles. The number of carbonyl (C=O) groups excluding carboxylic acids is 1. The van der Waals surface area contributed by atoms with E-state index in [1.807, 2.05) is 30.3 Å². The molecule has 1 N–H and O–H groups in total. The molecule has 4 aromatic rings. The molecule has 1 amide bonds. The van der Waals surface area contributed by atoms with E-state index in [9.17, 15) is 9.59 Å². The average Bonchev–Trinajstić information content (AvgIpc) is 3.40. The summed E-state index contributed by atoms with van der Waals surface area (Å²) in [5.74, 6) is 0.249. The topological polar surface area (TPSA) is 90.0 Å². The molecule has 1 atom stereocenters. The molecular weight excluding hydrogens is 376 g/mol. The number of benzene rings is 1. The molecule has 0 aliphatic rings. The summed E-state index contributed by atoms with van der Waals surface area (Å²) in [4.78, 5) is 29.2. The molecule has 0 aliphatic carbocycles. The van der Waals surface area contributed by atoms with Crippen LogP contribution >= 0.6 is 11.3 Å². The van der Waals surface area contributed by atoms with Crippen molar-refractivity contribution in [3.05, 3.63) is 76.6 Å². The van der Waals surface area contributed by atoms with Crippen LogP contribution < -0.4 is 10.9 Å². The number of hydrogen-bond acceptors (Lipinski definition) is 6. The summed E-state index contributed by atoms with van der Waals surface area (Å²) in [5.41, 5.74) is 1.78. The lowest BCUT2D eigenvalue weighted by Crippen LogP contribution is -2.33. The second kappa shape index (κ2) is 7.61. The van der Waals surface area contributed by atoms with Crippen LogP contribution in [0.2, 0.25) is 0 Å². The van der Waals surface area contributed by atoms with Crippen molar-refractivity contribution >= 4 is 22.4 Å². The van der Waals surface area contributed by atoms with Crippen molar-refractivity contribution in [3.63, 3.8) is 0 Å². The van der Waals surface area contributed by atoms with Gasteiger partial charge in [-0.05, 0) is 25.1 Å². The number of rotatable bonds is 5. The third-order valence-corrected chi connectivity index (χ3v) is 4.91. The molecule has 0 spiro atoms. The van der Waals surface area contributed by atoms with E-state index in [1.54, 1.807) is 36.8 Å². The fraction of sp³-hybridized carbons (Fsp3) is 0.100. The SMILES string of the molecule is C[C@H](C(=O)Nc1nc(-c2ccco2)cs1)n1nc(-c2ccccc2)ccc1=O. The molecule has 0 unspecified atom stereocenters. The van der Waals surface area contributed by atoms with Gasteiger partial charge in [-0.2, -0.15) is 5.10 Å². The first-order chi connectivity index (χ1) is 13.6. The van der Waals surface area contributed by atoms with E-state index < -0.39 is 6.04 Å². The van der Waals surface area contributed by atoms with Gasteiger partial charge in [0.05, 0.1) is 12.0 Å². The number of nitrogens with one attached hydrogen (secondary N) is 1. The standard InChI is InChI=1S/C20H16N4O3S/c1-13(19(26)22-20-21-16(12-28-20)17-8-5-11-27-17)24-18(25)10-9-15(23-24)14-6-3-2-4-7-14/h2-13H,1H3,(H,21,22,26)/t13-/m1/s1. The summed E-state index contributed by atoms with van der Waals surface area (Å²) in [5, 5.41) is 9.32. The van der Waals surface area contributed by atoms with Crippen molar-refractivity contribution in [1.29, 1.82) is 0 Å². The van der Waals surface area contributed by atoms with Crippen molar-refractivity contribution < 1.29 is 9.21 Å². The molecule has 8 heteroatoms. The Morgan fingerprint density at radius 2 is 1.93 bits per heavy atom. The zero-order valence-corrected chi connectivity index (χ0v) is 15.7. The Bertz CT molecular complexity index is 1150. The number of aromatic nitrogens is 3. The Morgan fingerprint density at radius 3 is 2.68 bits per heavy atom. The predicted octanol–water partition coefficient (Wildman–Crippen LogP) is 3.83. The van der Waals surface area contributed by atoms with E-state index >= 15 is 0 Å². The van der Waals surface area contributed by atoms with Crippen LogP contribution in [-0.2, 0) is 4.79 Å². The van der Waals surface area contributed by atoms with E-state index in [0.29, 0.717) is 22.3 Å². The van der Waals surface area contributed by atoms with Crippen LogP contribution in [0.15, 0.2) is 75.5 Å². The van der Waals surface area contributed by atoms with E-state index in [4.69, 9.17) is 4.42 Å². The van der Waals surface area contributed by atoms with Crippen molar-refractivity contribution in [2.45, 2.75) is 13.0 Å². The second-order valence-corrected chi connectivity index (χ2v) is 6.91. The number of thiazole rings is 1. The molecule has 3 heterocycles. The summed E-state index contributed by atoms with van der Waals surface area (Å²) >= 11 is 1.28. The number of hydrogen-bond donors (Lipinski definition) is 1. The van der Waals surface area contributed by atoms with Gasteiger partial charge in [-0.25, -0.2) is 9.67 Å². The molecule has 140 valence electrons. The van der Waals surface area contributed by atoms with Gasteiger partial charge in [0, 0.05) is 17.0 Å². The smallest absolute Gasteiger partial charge is 0.267 e. The fourth-order valence-electron chi connectivity index (χ4n) is 2.66. The first-order valence-electron chi connectivity index (χ1n) is 8.57. The van der Waals surface area contributed by atoms with E-state index in [0.717, 1.165) is 5.56 Å². The van der Waals surface area contributed by atoms with Gasteiger partial charge in [0.15, 0.2) is 10.9 Å². The highest BCUT2D eigenvalue weighted by Crippen LogP contribution is 2.25. The maximum atomic E-state index is 12.6. The Labute approximate surface area is 164 Å². The number of carbonyl (C=O) groups is 1. The van der Waals surface area contributed by atoms with Gasteiger partial charge in [-0.15, -0.1) is 11.3 Å². The number of nitrogens with zero attached hydrogens (tertiary/aromatic N) is 3. The Morgan fingerprint density at radius 1 is 1.11 bits per heavy atom. The van der Waals surface area contributed by atoms with Crippen LogP contribution in [0.1, 0.15) is 13.0 Å². The molecule has 0 bridgehead atoms. The lowest BCUT2D eigenvalue weighted by atomic mass is 10.1. The quantitative estimate of drug-likeness (QED) is 0.557. The van der Waals surface area contributed by atoms with Crippen LogP contribution in [0.4, 0.5) is 5.13 Å². The van der Waals surface area contributed by atoms with Gasteiger partial charge in [0.1, 0.15) is 11.7 Å². The predicted molar refractivity (Wildman–Crippen MR) is 107 cm³/mol. The molecule has 3 aromatic heterocycles. The first-order valence-corrected chi connectivity index (χ1v) is 9.45. The highest BCUT2D eigenvalue weighted by atomic mass is 32.1. The fourth-order valence-corrected chi connectivity index (χ4v) is 3.36. The highest BCUT2D eigenvalue weighted by Gasteiger charge is 2.20. The van der Waals surface area contributed by atoms with Crippen LogP contribution in [-0.4, -0.2) is 20.7 Å². The highest BCUT2D eigenvalue weighted by molar-refractivity contribution is 7.14. The maximum Gasteiger partial charge on any atom is 0.267 e. The molecule has 28 heavy (non-hydrogen) atoms. The molecule has 7 nitrogen and oxygen atoms in total. The largest absolute Gasteiger partial charge is 0.463 e. The summed E-state index contributed by atoms with van der Waals surface area (Å²) in [6.07, 6.45) is 1.56. The lowest BCUT2D eigenvalue weighted by molar-refractivity contribution is -0.119. The van der Waals surface area contributed by atoms with Crippen molar-refractivity contribution in [2.75, 3.05) is 5.32 Å². The van der Waals surface area contributed by atoms with Gasteiger partial charge in [0.2, 0.25) is 0 Å². The monoisotopic (exact) mass is 392 g/mol. The second-order valence-electron chi connectivity index (χ2n) is 6.05. The van der Waals surface area contributed by atoms with Gasteiger partial charge in [-0.1, -0.05) is 30.3 Å².